The minimum atomic E-state index is -0.624. The highest BCUT2D eigenvalue weighted by Gasteiger charge is 2.37. The zero-order chi connectivity index (χ0) is 17.6. The van der Waals surface area contributed by atoms with Gasteiger partial charge in [-0.25, -0.2) is 0 Å². The average molecular weight is 359 g/mol. The van der Waals surface area contributed by atoms with Gasteiger partial charge < -0.3 is 10.1 Å². The number of ketones is 2. The van der Waals surface area contributed by atoms with Crippen LogP contribution in [0.4, 0.5) is 0 Å². The van der Waals surface area contributed by atoms with Crippen LogP contribution < -0.4 is 5.32 Å². The smallest absolute Gasteiger partial charge is 0.256 e. The van der Waals surface area contributed by atoms with Crippen LogP contribution in [0, 0.1) is 5.92 Å². The van der Waals surface area contributed by atoms with E-state index in [-0.39, 0.29) is 18.2 Å². The molecule has 0 spiro atoms. The minimum absolute atomic E-state index is 0.0944. The van der Waals surface area contributed by atoms with Crippen molar-refractivity contribution < 1.29 is 14.3 Å². The number of Topliss-reactive ketones (excluding diaryl/α,β-unsaturated/α-hetero) is 2. The molecule has 2 aliphatic carbocycles. The molecular formula is C20H25NO3S. The van der Waals surface area contributed by atoms with Crippen LogP contribution in [0.15, 0.2) is 24.3 Å². The number of hydrogen-bond acceptors (Lipinski definition) is 4. The number of hydrogen-bond donors (Lipinski definition) is 1. The van der Waals surface area contributed by atoms with Crippen molar-refractivity contribution in [2.24, 2.45) is 5.92 Å². The molecule has 0 amide bonds. The molecule has 1 aromatic carbocycles. The zero-order valence-corrected chi connectivity index (χ0v) is 15.3. The summed E-state index contributed by atoms with van der Waals surface area (Å²) in [5.41, 5.74) is 1.07. The van der Waals surface area contributed by atoms with Crippen molar-refractivity contribution in [2.75, 3.05) is 6.61 Å². The molecule has 1 aromatic rings. The van der Waals surface area contributed by atoms with E-state index >= 15 is 0 Å². The van der Waals surface area contributed by atoms with Crippen LogP contribution in [0.3, 0.4) is 0 Å². The quantitative estimate of drug-likeness (QED) is 0.648. The molecule has 25 heavy (non-hydrogen) atoms. The van der Waals surface area contributed by atoms with Gasteiger partial charge in [0.15, 0.2) is 11.6 Å². The van der Waals surface area contributed by atoms with Crippen LogP contribution in [-0.4, -0.2) is 29.4 Å². The SMILES string of the molecule is O=C1c2ccccc2C(=O)C1CCOC(=S)NC1CCCCCCC1. The van der Waals surface area contributed by atoms with Gasteiger partial charge in [0.25, 0.3) is 5.17 Å². The molecule has 0 unspecified atom stereocenters. The molecule has 134 valence electrons. The molecule has 0 radical (unpaired) electrons. The topological polar surface area (TPSA) is 55.4 Å². The average Bonchev–Trinajstić information content (AvgIpc) is 2.82. The van der Waals surface area contributed by atoms with Gasteiger partial charge in [-0.3, -0.25) is 9.59 Å². The lowest BCUT2D eigenvalue weighted by molar-refractivity contribution is 0.0813. The first kappa shape index (κ1) is 18.1. The Morgan fingerprint density at radius 1 is 1.00 bits per heavy atom. The van der Waals surface area contributed by atoms with Crippen molar-refractivity contribution in [3.8, 4) is 0 Å². The number of benzene rings is 1. The number of thiocarbonyl (C=S) groups is 1. The molecule has 2 aliphatic rings. The lowest BCUT2D eigenvalue weighted by Gasteiger charge is -2.22. The van der Waals surface area contributed by atoms with E-state index in [0.29, 0.717) is 28.8 Å². The van der Waals surface area contributed by atoms with Gasteiger partial charge in [0.2, 0.25) is 0 Å². The lowest BCUT2D eigenvalue weighted by Crippen LogP contribution is -2.36. The molecule has 1 fully saturated rings. The minimum Gasteiger partial charge on any atom is -0.471 e. The van der Waals surface area contributed by atoms with Crippen LogP contribution in [-0.2, 0) is 4.74 Å². The Bertz CT molecular complexity index is 615. The van der Waals surface area contributed by atoms with Crippen molar-refractivity contribution in [2.45, 2.75) is 57.4 Å². The van der Waals surface area contributed by atoms with Gasteiger partial charge in [0.1, 0.15) is 0 Å². The van der Waals surface area contributed by atoms with Gasteiger partial charge in [-0.05, 0) is 31.5 Å². The van der Waals surface area contributed by atoms with Crippen LogP contribution >= 0.6 is 12.2 Å². The predicted octanol–water partition coefficient (Wildman–Crippen LogP) is 4.08. The first-order valence-electron chi connectivity index (χ1n) is 9.27. The first-order valence-corrected chi connectivity index (χ1v) is 9.68. The van der Waals surface area contributed by atoms with E-state index in [9.17, 15) is 9.59 Å². The summed E-state index contributed by atoms with van der Waals surface area (Å²) in [6.07, 6.45) is 8.99. The molecule has 0 aromatic heterocycles. The van der Waals surface area contributed by atoms with E-state index in [4.69, 9.17) is 17.0 Å². The molecule has 5 heteroatoms. The highest BCUT2D eigenvalue weighted by atomic mass is 32.1. The van der Waals surface area contributed by atoms with Crippen molar-refractivity contribution in [3.05, 3.63) is 35.4 Å². The number of carbonyl (C=O) groups is 2. The molecule has 4 nitrogen and oxygen atoms in total. The van der Waals surface area contributed by atoms with Crippen LogP contribution in [0.5, 0.6) is 0 Å². The fraction of sp³-hybridized carbons (Fsp3) is 0.550. The summed E-state index contributed by atoms with van der Waals surface area (Å²) in [5.74, 6) is -0.812. The summed E-state index contributed by atoms with van der Waals surface area (Å²) in [6, 6.07) is 7.40. The fourth-order valence-electron chi connectivity index (χ4n) is 3.75. The summed E-state index contributed by atoms with van der Waals surface area (Å²) >= 11 is 5.28. The largest absolute Gasteiger partial charge is 0.471 e. The maximum absolute atomic E-state index is 12.3. The molecule has 0 saturated heterocycles. The molecule has 1 saturated carbocycles. The highest BCUT2D eigenvalue weighted by Crippen LogP contribution is 2.28. The highest BCUT2D eigenvalue weighted by molar-refractivity contribution is 7.80. The Morgan fingerprint density at radius 2 is 1.56 bits per heavy atom. The predicted molar refractivity (Wildman–Crippen MR) is 101 cm³/mol. The third kappa shape index (κ3) is 4.46. The van der Waals surface area contributed by atoms with Gasteiger partial charge >= 0.3 is 0 Å². The van der Waals surface area contributed by atoms with Gasteiger partial charge in [0.05, 0.1) is 12.5 Å². The maximum Gasteiger partial charge on any atom is 0.256 e. The van der Waals surface area contributed by atoms with E-state index in [1.165, 1.54) is 32.1 Å². The summed E-state index contributed by atoms with van der Waals surface area (Å²) in [4.78, 5) is 24.7. The molecular weight excluding hydrogens is 334 g/mol. The van der Waals surface area contributed by atoms with E-state index in [1.54, 1.807) is 24.3 Å². The number of ether oxygens (including phenoxy) is 1. The third-order valence-corrected chi connectivity index (χ3v) is 5.39. The van der Waals surface area contributed by atoms with Crippen LogP contribution in [0.2, 0.25) is 0 Å². The Balaban J connectivity index is 1.44. The molecule has 1 N–H and O–H groups in total. The van der Waals surface area contributed by atoms with E-state index in [1.807, 2.05) is 0 Å². The second kappa shape index (κ2) is 8.56. The molecule has 0 bridgehead atoms. The van der Waals surface area contributed by atoms with Gasteiger partial charge in [-0.1, -0.05) is 56.4 Å². The second-order valence-electron chi connectivity index (χ2n) is 6.94. The normalized spacial score (nSPS) is 19.2. The second-order valence-corrected chi connectivity index (χ2v) is 7.31. The van der Waals surface area contributed by atoms with Gasteiger partial charge in [-0.2, -0.15) is 0 Å². The Labute approximate surface area is 154 Å². The summed E-state index contributed by atoms with van der Waals surface area (Å²) in [6.45, 7) is 0.286. The number of rotatable bonds is 4. The molecule has 0 atom stereocenters. The van der Waals surface area contributed by atoms with E-state index in [2.05, 4.69) is 5.32 Å². The maximum atomic E-state index is 12.3. The third-order valence-electron chi connectivity index (χ3n) is 5.16. The van der Waals surface area contributed by atoms with Crippen molar-refractivity contribution in [1.82, 2.24) is 5.32 Å². The van der Waals surface area contributed by atoms with E-state index < -0.39 is 5.92 Å². The van der Waals surface area contributed by atoms with Crippen molar-refractivity contribution in [1.29, 1.82) is 0 Å². The van der Waals surface area contributed by atoms with Gasteiger partial charge in [-0.15, -0.1) is 0 Å². The first-order chi connectivity index (χ1) is 12.2. The summed E-state index contributed by atoms with van der Waals surface area (Å²) in [5, 5.41) is 3.68. The summed E-state index contributed by atoms with van der Waals surface area (Å²) in [7, 11) is 0. The Morgan fingerprint density at radius 3 is 2.16 bits per heavy atom. The van der Waals surface area contributed by atoms with E-state index in [0.717, 1.165) is 12.8 Å². The van der Waals surface area contributed by atoms with Crippen molar-refractivity contribution in [3.63, 3.8) is 0 Å². The van der Waals surface area contributed by atoms with Crippen LogP contribution in [0.1, 0.15) is 72.1 Å². The number of fused-ring (bicyclic) bond motifs is 1. The monoisotopic (exact) mass is 359 g/mol. The standard InChI is InChI=1S/C20H25NO3S/c22-18-15-10-6-7-11-16(15)19(23)17(18)12-13-24-20(25)21-14-8-4-2-1-3-5-9-14/h6-7,10-11,14,17H,1-5,8-9,12-13H2,(H,21,25). The molecule has 3 rings (SSSR count). The number of carbonyl (C=O) groups excluding carboxylic acids is 2. The molecule has 0 aliphatic heterocycles. The lowest BCUT2D eigenvalue weighted by atomic mass is 9.97. The molecule has 0 heterocycles. The zero-order valence-electron chi connectivity index (χ0n) is 14.5. The summed E-state index contributed by atoms with van der Waals surface area (Å²) < 4.78 is 5.59. The van der Waals surface area contributed by atoms with Gasteiger partial charge in [0, 0.05) is 17.2 Å². The van der Waals surface area contributed by atoms with Crippen LogP contribution in [0.25, 0.3) is 0 Å². The Kier molecular flexibility index (Phi) is 6.19. The number of nitrogens with one attached hydrogen (secondary N) is 1. The fourth-order valence-corrected chi connectivity index (χ4v) is 4.00. The Hall–Kier alpha value is -1.75. The van der Waals surface area contributed by atoms with Crippen molar-refractivity contribution >= 4 is 29.0 Å².